The van der Waals surface area contributed by atoms with Crippen LogP contribution in [0.15, 0.2) is 54.7 Å². The number of pyridine rings is 1. The van der Waals surface area contributed by atoms with E-state index in [-0.39, 0.29) is 18.6 Å². The van der Waals surface area contributed by atoms with Crippen molar-refractivity contribution in [3.8, 4) is 0 Å². The molecule has 0 spiro atoms. The number of amides is 2. The van der Waals surface area contributed by atoms with E-state index in [1.165, 1.54) is 0 Å². The summed E-state index contributed by atoms with van der Waals surface area (Å²) in [5, 5.41) is 2.89. The van der Waals surface area contributed by atoms with E-state index < -0.39 is 17.8 Å². The molecule has 0 radical (unpaired) electrons. The Bertz CT molecular complexity index is 821. The van der Waals surface area contributed by atoms with Crippen LogP contribution >= 0.6 is 0 Å². The number of nitrogens with zero attached hydrogens (tertiary/aromatic N) is 2. The first-order chi connectivity index (χ1) is 13.8. The molecular weight excluding hydrogens is 370 g/mol. The number of aromatic nitrogens is 1. The van der Waals surface area contributed by atoms with E-state index in [9.17, 15) is 9.59 Å². The molecule has 154 valence electrons. The number of hydrogen-bond acceptors (Lipinski definition) is 5. The van der Waals surface area contributed by atoms with Crippen LogP contribution in [0.2, 0.25) is 0 Å². The molecule has 1 fully saturated rings. The van der Waals surface area contributed by atoms with Crippen LogP contribution in [0.4, 0.5) is 9.59 Å². The lowest BCUT2D eigenvalue weighted by Gasteiger charge is -2.24. The summed E-state index contributed by atoms with van der Waals surface area (Å²) in [6.07, 6.45) is 0.780. The van der Waals surface area contributed by atoms with Crippen LogP contribution in [0.25, 0.3) is 0 Å². The molecule has 29 heavy (non-hydrogen) atoms. The molecule has 1 aliphatic heterocycles. The van der Waals surface area contributed by atoms with Gasteiger partial charge in [0.15, 0.2) is 0 Å². The van der Waals surface area contributed by atoms with Crippen LogP contribution in [0.3, 0.4) is 0 Å². The molecule has 1 aromatic heterocycles. The van der Waals surface area contributed by atoms with Crippen LogP contribution < -0.4 is 5.32 Å². The highest BCUT2D eigenvalue weighted by Crippen LogP contribution is 2.27. The molecular formula is C22H27N3O4. The van der Waals surface area contributed by atoms with Crippen molar-refractivity contribution in [3.05, 3.63) is 66.0 Å². The third kappa shape index (κ3) is 5.94. The number of ether oxygens (including phenoxy) is 2. The van der Waals surface area contributed by atoms with Crippen LogP contribution in [0.1, 0.15) is 37.9 Å². The second kappa shape index (κ2) is 8.94. The SMILES string of the molecule is CC(C)(C)OC(=O)N1CC(NC(=O)OCc2ccccc2)C(c2ccccn2)C1. The van der Waals surface area contributed by atoms with Gasteiger partial charge in [-0.3, -0.25) is 4.98 Å². The number of likely N-dealkylation sites (tertiary alicyclic amines) is 1. The molecule has 0 bridgehead atoms. The lowest BCUT2D eigenvalue weighted by Crippen LogP contribution is -2.41. The molecule has 7 heteroatoms. The normalized spacial score (nSPS) is 18.9. The fraction of sp³-hybridized carbons (Fsp3) is 0.409. The molecule has 0 saturated carbocycles. The maximum Gasteiger partial charge on any atom is 0.410 e. The number of nitrogens with one attached hydrogen (secondary N) is 1. The quantitative estimate of drug-likeness (QED) is 0.851. The van der Waals surface area contributed by atoms with Crippen molar-refractivity contribution in [3.63, 3.8) is 0 Å². The zero-order valence-electron chi connectivity index (χ0n) is 17.0. The maximum atomic E-state index is 12.5. The highest BCUT2D eigenvalue weighted by atomic mass is 16.6. The Morgan fingerprint density at radius 3 is 2.48 bits per heavy atom. The Labute approximate surface area is 171 Å². The fourth-order valence-corrected chi connectivity index (χ4v) is 3.24. The molecule has 1 N–H and O–H groups in total. The van der Waals surface area contributed by atoms with Crippen molar-refractivity contribution in [2.24, 2.45) is 0 Å². The Kier molecular flexibility index (Phi) is 6.36. The van der Waals surface area contributed by atoms with Crippen molar-refractivity contribution in [2.45, 2.75) is 44.9 Å². The van der Waals surface area contributed by atoms with E-state index in [2.05, 4.69) is 10.3 Å². The maximum absolute atomic E-state index is 12.5. The molecule has 2 amide bonds. The van der Waals surface area contributed by atoms with Crippen molar-refractivity contribution >= 4 is 12.2 Å². The molecule has 2 heterocycles. The Hall–Kier alpha value is -3.09. The number of rotatable bonds is 4. The summed E-state index contributed by atoms with van der Waals surface area (Å²) in [5.74, 6) is -0.145. The summed E-state index contributed by atoms with van der Waals surface area (Å²) in [5.41, 5.74) is 1.13. The van der Waals surface area contributed by atoms with E-state index in [0.29, 0.717) is 13.1 Å². The van der Waals surface area contributed by atoms with Crippen molar-refractivity contribution in [1.82, 2.24) is 15.2 Å². The van der Waals surface area contributed by atoms with E-state index in [1.54, 1.807) is 11.1 Å². The number of carbonyl (C=O) groups excluding carboxylic acids is 2. The largest absolute Gasteiger partial charge is 0.445 e. The summed E-state index contributed by atoms with van der Waals surface area (Å²) in [6.45, 7) is 6.41. The highest BCUT2D eigenvalue weighted by molar-refractivity contribution is 5.70. The van der Waals surface area contributed by atoms with Gasteiger partial charge in [0.05, 0.1) is 6.04 Å². The predicted molar refractivity (Wildman–Crippen MR) is 108 cm³/mol. The zero-order chi connectivity index (χ0) is 20.9. The van der Waals surface area contributed by atoms with Crippen LogP contribution in [0, 0.1) is 0 Å². The van der Waals surface area contributed by atoms with Gasteiger partial charge in [0.2, 0.25) is 0 Å². The minimum Gasteiger partial charge on any atom is -0.445 e. The van der Waals surface area contributed by atoms with Crippen LogP contribution in [0.5, 0.6) is 0 Å². The first kappa shape index (κ1) is 20.6. The molecule has 7 nitrogen and oxygen atoms in total. The van der Waals surface area contributed by atoms with Gasteiger partial charge in [0.25, 0.3) is 0 Å². The fourth-order valence-electron chi connectivity index (χ4n) is 3.24. The monoisotopic (exact) mass is 397 g/mol. The molecule has 1 aliphatic rings. The van der Waals surface area contributed by atoms with Gasteiger partial charge in [-0.05, 0) is 38.5 Å². The third-order valence-electron chi connectivity index (χ3n) is 4.56. The summed E-state index contributed by atoms with van der Waals surface area (Å²) in [7, 11) is 0. The Morgan fingerprint density at radius 1 is 1.10 bits per heavy atom. The number of hydrogen-bond donors (Lipinski definition) is 1. The lowest BCUT2D eigenvalue weighted by atomic mass is 9.99. The first-order valence-corrected chi connectivity index (χ1v) is 9.68. The van der Waals surface area contributed by atoms with Gasteiger partial charge in [-0.15, -0.1) is 0 Å². The number of alkyl carbamates (subject to hydrolysis) is 1. The minimum absolute atomic E-state index is 0.145. The molecule has 1 saturated heterocycles. The van der Waals surface area contributed by atoms with E-state index in [0.717, 1.165) is 11.3 Å². The number of carbonyl (C=O) groups is 2. The average Bonchev–Trinajstić information content (AvgIpc) is 3.10. The Morgan fingerprint density at radius 2 is 1.83 bits per heavy atom. The van der Waals surface area contributed by atoms with Gasteiger partial charge in [0.1, 0.15) is 12.2 Å². The molecule has 2 unspecified atom stereocenters. The zero-order valence-corrected chi connectivity index (χ0v) is 17.0. The van der Waals surface area contributed by atoms with Gasteiger partial charge in [-0.2, -0.15) is 0 Å². The van der Waals surface area contributed by atoms with Crippen molar-refractivity contribution in [2.75, 3.05) is 13.1 Å². The summed E-state index contributed by atoms with van der Waals surface area (Å²) < 4.78 is 10.8. The summed E-state index contributed by atoms with van der Waals surface area (Å²) in [4.78, 5) is 30.9. The highest BCUT2D eigenvalue weighted by Gasteiger charge is 2.39. The van der Waals surface area contributed by atoms with E-state index in [1.807, 2.05) is 69.3 Å². The molecule has 2 atom stereocenters. The van der Waals surface area contributed by atoms with E-state index in [4.69, 9.17) is 9.47 Å². The summed E-state index contributed by atoms with van der Waals surface area (Å²) in [6, 6.07) is 14.8. The molecule has 1 aromatic carbocycles. The van der Waals surface area contributed by atoms with Gasteiger partial charge < -0.3 is 19.7 Å². The van der Waals surface area contributed by atoms with Crippen molar-refractivity contribution in [1.29, 1.82) is 0 Å². The number of benzene rings is 1. The van der Waals surface area contributed by atoms with Gasteiger partial charge >= 0.3 is 12.2 Å². The second-order valence-corrected chi connectivity index (χ2v) is 8.06. The van der Waals surface area contributed by atoms with Gasteiger partial charge in [0, 0.05) is 30.9 Å². The molecule has 2 aromatic rings. The topological polar surface area (TPSA) is 80.8 Å². The lowest BCUT2D eigenvalue weighted by molar-refractivity contribution is 0.0288. The van der Waals surface area contributed by atoms with E-state index >= 15 is 0 Å². The summed E-state index contributed by atoms with van der Waals surface area (Å²) >= 11 is 0. The predicted octanol–water partition coefficient (Wildman–Crippen LogP) is 3.71. The minimum atomic E-state index is -0.586. The standard InChI is InChI=1S/C22H27N3O4/c1-22(2,3)29-21(27)25-13-17(18-11-7-8-12-23-18)19(14-25)24-20(26)28-15-16-9-5-4-6-10-16/h4-12,17,19H,13-15H2,1-3H3,(H,24,26). The molecule has 0 aliphatic carbocycles. The van der Waals surface area contributed by atoms with Crippen molar-refractivity contribution < 1.29 is 19.1 Å². The van der Waals surface area contributed by atoms with Crippen LogP contribution in [-0.2, 0) is 16.1 Å². The Balaban J connectivity index is 1.66. The first-order valence-electron chi connectivity index (χ1n) is 9.68. The third-order valence-corrected chi connectivity index (χ3v) is 4.56. The smallest absolute Gasteiger partial charge is 0.410 e. The molecule has 3 rings (SSSR count). The van der Waals surface area contributed by atoms with Gasteiger partial charge in [-0.25, -0.2) is 9.59 Å². The average molecular weight is 397 g/mol. The second-order valence-electron chi connectivity index (χ2n) is 8.06. The van der Waals surface area contributed by atoms with Gasteiger partial charge in [-0.1, -0.05) is 36.4 Å². The van der Waals surface area contributed by atoms with Crippen LogP contribution in [-0.4, -0.2) is 46.8 Å².